The second-order valence-electron chi connectivity index (χ2n) is 9.16. The van der Waals surface area contributed by atoms with Gasteiger partial charge in [-0.1, -0.05) is 18.6 Å². The maximum Gasteiger partial charge on any atom is 0.416 e. The molecule has 10 heteroatoms. The van der Waals surface area contributed by atoms with Crippen molar-refractivity contribution in [2.45, 2.75) is 44.9 Å². The van der Waals surface area contributed by atoms with Crippen LogP contribution in [0.1, 0.15) is 61.5 Å². The van der Waals surface area contributed by atoms with Gasteiger partial charge in [0.2, 0.25) is 0 Å². The van der Waals surface area contributed by atoms with Crippen LogP contribution in [0, 0.1) is 5.92 Å². The summed E-state index contributed by atoms with van der Waals surface area (Å²) in [5.74, 6) is 0.372. The molecule has 1 N–H and O–H groups in total. The smallest absolute Gasteiger partial charge is 0.352 e. The summed E-state index contributed by atoms with van der Waals surface area (Å²) >= 11 is 1.49. The first-order valence-corrected chi connectivity index (χ1v) is 12.5. The molecule has 1 aromatic carbocycles. The molecule has 0 atom stereocenters. The van der Waals surface area contributed by atoms with Crippen molar-refractivity contribution in [3.63, 3.8) is 0 Å². The Labute approximate surface area is 204 Å². The van der Waals surface area contributed by atoms with E-state index in [2.05, 4.69) is 10.4 Å². The van der Waals surface area contributed by atoms with E-state index in [-0.39, 0.29) is 18.4 Å². The van der Waals surface area contributed by atoms with Crippen molar-refractivity contribution in [3.8, 4) is 0 Å². The Hall–Kier alpha value is -3.14. The maximum absolute atomic E-state index is 13.1. The molecule has 2 aromatic heterocycles. The Morgan fingerprint density at radius 1 is 1.23 bits per heavy atom. The molecule has 0 bridgehead atoms. The largest absolute Gasteiger partial charge is 0.416 e. The molecule has 1 aliphatic heterocycles. The van der Waals surface area contributed by atoms with E-state index in [1.54, 1.807) is 17.2 Å². The van der Waals surface area contributed by atoms with Crippen LogP contribution in [0.4, 0.5) is 13.2 Å². The maximum atomic E-state index is 13.1. The molecule has 1 aliphatic carbocycles. The van der Waals surface area contributed by atoms with Gasteiger partial charge >= 0.3 is 6.18 Å². The van der Waals surface area contributed by atoms with Gasteiger partial charge in [-0.05, 0) is 48.4 Å². The van der Waals surface area contributed by atoms with E-state index in [9.17, 15) is 22.8 Å². The van der Waals surface area contributed by atoms with E-state index < -0.39 is 11.7 Å². The first-order chi connectivity index (χ1) is 16.8. The molecule has 0 radical (unpaired) electrons. The Kier molecular flexibility index (Phi) is 6.39. The first-order valence-electron chi connectivity index (χ1n) is 11.6. The summed E-state index contributed by atoms with van der Waals surface area (Å²) in [4.78, 5) is 28.4. The van der Waals surface area contributed by atoms with Gasteiger partial charge in [-0.3, -0.25) is 14.3 Å². The number of carbonyl (C=O) groups excluding carboxylic acids is 2. The van der Waals surface area contributed by atoms with Gasteiger partial charge < -0.3 is 10.2 Å². The molecule has 1 fully saturated rings. The third kappa shape index (κ3) is 5.12. The van der Waals surface area contributed by atoms with E-state index in [0.717, 1.165) is 29.1 Å². The predicted octanol–water partition coefficient (Wildman–Crippen LogP) is 4.74. The number of carbonyl (C=O) groups is 2. The van der Waals surface area contributed by atoms with Gasteiger partial charge in [-0.15, -0.1) is 11.3 Å². The number of rotatable bonds is 6. The van der Waals surface area contributed by atoms with Crippen LogP contribution < -0.4 is 5.32 Å². The van der Waals surface area contributed by atoms with E-state index >= 15 is 0 Å². The molecule has 0 unspecified atom stereocenters. The highest BCUT2D eigenvalue weighted by Crippen LogP contribution is 2.31. The molecule has 184 valence electrons. The molecule has 1 saturated carbocycles. The molecule has 0 spiro atoms. The zero-order valence-electron chi connectivity index (χ0n) is 19.0. The Morgan fingerprint density at radius 2 is 2.06 bits per heavy atom. The summed E-state index contributed by atoms with van der Waals surface area (Å²) in [5.41, 5.74) is 1.85. The lowest BCUT2D eigenvalue weighted by atomic mass is 9.85. The number of hydrogen-bond acceptors (Lipinski definition) is 4. The van der Waals surface area contributed by atoms with E-state index in [4.69, 9.17) is 0 Å². The van der Waals surface area contributed by atoms with E-state index in [0.29, 0.717) is 42.1 Å². The fraction of sp³-hybridized carbons (Fsp3) is 0.400. The number of amides is 2. The Balaban J connectivity index is 1.22. The van der Waals surface area contributed by atoms with Gasteiger partial charge in [-0.2, -0.15) is 18.3 Å². The molecular weight excluding hydrogens is 477 g/mol. The van der Waals surface area contributed by atoms with Crippen LogP contribution >= 0.6 is 11.3 Å². The van der Waals surface area contributed by atoms with Crippen LogP contribution in [0.25, 0.3) is 0 Å². The van der Waals surface area contributed by atoms with Crippen molar-refractivity contribution in [1.82, 2.24) is 20.0 Å². The molecule has 6 nitrogen and oxygen atoms in total. The second-order valence-corrected chi connectivity index (χ2v) is 10.1. The fourth-order valence-electron chi connectivity index (χ4n) is 4.50. The highest BCUT2D eigenvalue weighted by Gasteiger charge is 2.31. The number of nitrogens with one attached hydrogen (secondary N) is 1. The zero-order chi connectivity index (χ0) is 24.6. The lowest BCUT2D eigenvalue weighted by Crippen LogP contribution is -2.36. The number of alkyl halides is 3. The van der Waals surface area contributed by atoms with Crippen molar-refractivity contribution in [2.75, 3.05) is 13.1 Å². The molecule has 3 heterocycles. The molecular formula is C25H25F3N4O2S. The number of aromatic nitrogens is 2. The molecule has 35 heavy (non-hydrogen) atoms. The normalized spacial score (nSPS) is 16.0. The molecule has 0 saturated heterocycles. The highest BCUT2D eigenvalue weighted by molar-refractivity contribution is 7.10. The summed E-state index contributed by atoms with van der Waals surface area (Å²) in [7, 11) is 0. The van der Waals surface area contributed by atoms with Crippen LogP contribution in [-0.4, -0.2) is 39.6 Å². The van der Waals surface area contributed by atoms with E-state index in [1.807, 2.05) is 5.38 Å². The third-order valence-corrected chi connectivity index (χ3v) is 7.75. The van der Waals surface area contributed by atoms with Gasteiger partial charge in [-0.25, -0.2) is 0 Å². The number of nitrogens with zero attached hydrogens (tertiary/aromatic N) is 3. The lowest BCUT2D eigenvalue weighted by Gasteiger charge is -2.27. The highest BCUT2D eigenvalue weighted by atomic mass is 32.1. The van der Waals surface area contributed by atoms with Crippen LogP contribution in [0.5, 0.6) is 0 Å². The minimum absolute atomic E-state index is 0.0370. The van der Waals surface area contributed by atoms with Gasteiger partial charge in [0.1, 0.15) is 0 Å². The van der Waals surface area contributed by atoms with Crippen LogP contribution in [-0.2, 0) is 25.7 Å². The standard InChI is InChI=1S/C25H25F3N4O2S/c26-25(27,28)19-6-2-5-17(9-19)12-32-13-18(11-30-32)24(34)31-8-7-20-21(15-35-22(20)14-31)23(33)29-10-16-3-1-4-16/h2,5-6,9,11,13,15-16H,1,3-4,7-8,10,12,14H2,(H,29,33). The molecule has 2 amide bonds. The summed E-state index contributed by atoms with van der Waals surface area (Å²) in [6.45, 7) is 1.77. The summed E-state index contributed by atoms with van der Waals surface area (Å²) in [5, 5.41) is 9.10. The minimum Gasteiger partial charge on any atom is -0.352 e. The molecule has 2 aliphatic rings. The lowest BCUT2D eigenvalue weighted by molar-refractivity contribution is -0.137. The topological polar surface area (TPSA) is 67.2 Å². The number of halogens is 3. The van der Waals surface area contributed by atoms with Gasteiger partial charge in [0.05, 0.1) is 36.0 Å². The van der Waals surface area contributed by atoms with Crippen molar-refractivity contribution >= 4 is 23.2 Å². The SMILES string of the molecule is O=C(NCC1CCC1)c1csc2c1CCN(C(=O)c1cnn(Cc3cccc(C(F)(F)F)c3)c1)C2. The summed E-state index contributed by atoms with van der Waals surface area (Å²) in [6, 6.07) is 5.08. The van der Waals surface area contributed by atoms with Crippen molar-refractivity contribution in [3.05, 3.63) is 74.7 Å². The number of hydrogen-bond donors (Lipinski definition) is 1. The van der Waals surface area contributed by atoms with Crippen LogP contribution in [0.3, 0.4) is 0 Å². The minimum atomic E-state index is -4.41. The first kappa shape index (κ1) is 23.6. The van der Waals surface area contributed by atoms with Crippen molar-refractivity contribution in [1.29, 1.82) is 0 Å². The monoisotopic (exact) mass is 502 g/mol. The van der Waals surface area contributed by atoms with Crippen LogP contribution in [0.2, 0.25) is 0 Å². The number of benzene rings is 1. The Bertz CT molecular complexity index is 1250. The van der Waals surface area contributed by atoms with Crippen LogP contribution in [0.15, 0.2) is 42.0 Å². The average Bonchev–Trinajstić information content (AvgIpc) is 3.44. The summed E-state index contributed by atoms with van der Waals surface area (Å²) < 4.78 is 40.4. The zero-order valence-corrected chi connectivity index (χ0v) is 19.8. The summed E-state index contributed by atoms with van der Waals surface area (Å²) in [6.07, 6.45) is 2.79. The molecule has 3 aromatic rings. The number of fused-ring (bicyclic) bond motifs is 1. The second kappa shape index (κ2) is 9.49. The fourth-order valence-corrected chi connectivity index (χ4v) is 5.59. The quantitative estimate of drug-likeness (QED) is 0.530. The van der Waals surface area contributed by atoms with Crippen molar-refractivity contribution < 1.29 is 22.8 Å². The predicted molar refractivity (Wildman–Crippen MR) is 125 cm³/mol. The molecule has 5 rings (SSSR count). The van der Waals surface area contributed by atoms with Gasteiger partial charge in [0.25, 0.3) is 11.8 Å². The van der Waals surface area contributed by atoms with E-state index in [1.165, 1.54) is 47.5 Å². The van der Waals surface area contributed by atoms with Crippen molar-refractivity contribution in [2.24, 2.45) is 5.92 Å². The van der Waals surface area contributed by atoms with Gasteiger partial charge in [0, 0.05) is 29.5 Å². The third-order valence-electron chi connectivity index (χ3n) is 6.73. The van der Waals surface area contributed by atoms with Gasteiger partial charge in [0.15, 0.2) is 0 Å². The Morgan fingerprint density at radius 3 is 2.80 bits per heavy atom. The average molecular weight is 503 g/mol. The number of thiophene rings is 1.